The van der Waals surface area contributed by atoms with E-state index in [2.05, 4.69) is 70.1 Å². The van der Waals surface area contributed by atoms with Gasteiger partial charge in [-0.1, -0.05) is 96.5 Å². The largest absolute Gasteiger partial charge is 0.456 e. The molecule has 424 valence electrons. The standard InChI is InChI=1S/C60H93N3O12Si/c1-16-43-29-36(2)28-37(3)30-50(70-12)55-51(71-13)32-39(5)60(68,74-55)56(65)57(66)63-27-21-20-24-45(63)58(67)73-54(40(6)48(34-46(43)64)75-76(14,15)59(8,9)10)38(4)31-42-25-26-47(49(33-42)69-11)72-35-52-61-41(7)53(62-52)44-22-18-17-19-23-44/h17-19,22-23,29,31,37,39-40,42-43,45,47-51,54-55,68H,16,20-21,24-28,30,32-35H2,1-15H3,(H,61,62)/b36-29+,38-31?. The van der Waals surface area contributed by atoms with E-state index in [1.54, 1.807) is 28.3 Å². The predicted octanol–water partition coefficient (Wildman–Crippen LogP) is 10.4. The smallest absolute Gasteiger partial charge is 0.329 e. The summed E-state index contributed by atoms with van der Waals surface area (Å²) in [4.78, 5) is 68.7. The molecule has 1 aliphatic carbocycles. The van der Waals surface area contributed by atoms with Gasteiger partial charge in [-0.2, -0.15) is 0 Å². The summed E-state index contributed by atoms with van der Waals surface area (Å²) in [6, 6.07) is 8.99. The van der Waals surface area contributed by atoms with E-state index in [4.69, 9.17) is 37.8 Å². The summed E-state index contributed by atoms with van der Waals surface area (Å²) in [5.41, 5.74) is 4.77. The number of methoxy groups -OCH3 is 3. The van der Waals surface area contributed by atoms with Crippen molar-refractivity contribution < 1.29 is 57.1 Å². The zero-order valence-electron chi connectivity index (χ0n) is 48.6. The second-order valence-electron chi connectivity index (χ2n) is 24.3. The molecule has 1 aromatic heterocycles. The van der Waals surface area contributed by atoms with Gasteiger partial charge in [0, 0.05) is 52.0 Å². The van der Waals surface area contributed by atoms with Crippen molar-refractivity contribution >= 4 is 31.8 Å². The van der Waals surface area contributed by atoms with Crippen LogP contribution in [0.2, 0.25) is 18.1 Å². The number of benzene rings is 1. The highest BCUT2D eigenvalue weighted by Gasteiger charge is 2.57. The number of imidazole rings is 1. The Morgan fingerprint density at radius 3 is 2.21 bits per heavy atom. The quantitative estimate of drug-likeness (QED) is 0.0886. The number of aromatic nitrogens is 2. The average molecular weight is 1080 g/mol. The van der Waals surface area contributed by atoms with E-state index in [1.807, 2.05) is 52.8 Å². The lowest BCUT2D eigenvalue weighted by Crippen LogP contribution is -2.64. The molecule has 1 amide bonds. The summed E-state index contributed by atoms with van der Waals surface area (Å²) in [6.45, 7) is 25.1. The van der Waals surface area contributed by atoms with Crippen LogP contribution in [0.3, 0.4) is 0 Å². The Morgan fingerprint density at radius 2 is 1.57 bits per heavy atom. The third-order valence-electron chi connectivity index (χ3n) is 17.5. The highest BCUT2D eigenvalue weighted by Crippen LogP contribution is 2.42. The van der Waals surface area contributed by atoms with Gasteiger partial charge in [0.15, 0.2) is 8.32 Å². The summed E-state index contributed by atoms with van der Waals surface area (Å²) in [5, 5.41) is 12.1. The third kappa shape index (κ3) is 14.5. The van der Waals surface area contributed by atoms with Crippen LogP contribution in [0.1, 0.15) is 144 Å². The van der Waals surface area contributed by atoms with E-state index in [0.717, 1.165) is 46.8 Å². The zero-order valence-corrected chi connectivity index (χ0v) is 49.6. The Kier molecular flexibility index (Phi) is 21.3. The number of esters is 1. The van der Waals surface area contributed by atoms with Crippen LogP contribution < -0.4 is 0 Å². The molecule has 4 heterocycles. The van der Waals surface area contributed by atoms with Gasteiger partial charge >= 0.3 is 5.97 Å². The summed E-state index contributed by atoms with van der Waals surface area (Å²) < 4.78 is 45.0. The number of aryl methyl sites for hydroxylation is 1. The van der Waals surface area contributed by atoms with Crippen molar-refractivity contribution in [3.8, 4) is 11.3 Å². The number of hydrogen-bond donors (Lipinski definition) is 2. The van der Waals surface area contributed by atoms with E-state index in [0.29, 0.717) is 45.1 Å². The van der Waals surface area contributed by atoms with Crippen molar-refractivity contribution in [1.29, 1.82) is 0 Å². The molecule has 3 fully saturated rings. The predicted molar refractivity (Wildman–Crippen MR) is 295 cm³/mol. The molecule has 4 aliphatic rings. The molecule has 6 rings (SSSR count). The summed E-state index contributed by atoms with van der Waals surface area (Å²) in [5.74, 6) is -6.18. The van der Waals surface area contributed by atoms with Crippen LogP contribution in [-0.2, 0) is 58.6 Å². The van der Waals surface area contributed by atoms with Gasteiger partial charge in [-0.25, -0.2) is 9.78 Å². The van der Waals surface area contributed by atoms with Crippen LogP contribution in [0.25, 0.3) is 11.3 Å². The molecule has 1 aromatic carbocycles. The van der Waals surface area contributed by atoms with Crippen LogP contribution in [-0.4, -0.2) is 134 Å². The lowest BCUT2D eigenvalue weighted by atomic mass is 9.81. The number of H-pyrrole nitrogens is 1. The molecule has 15 nitrogen and oxygen atoms in total. The number of hydrogen-bond acceptors (Lipinski definition) is 13. The maximum Gasteiger partial charge on any atom is 0.329 e. The SMILES string of the molecule is CCC1/C=C(\C)CC(C)CC(OC)C2OC(O)(C(=O)C(=O)N3CCCCC3C(=O)OC(C(C)=CC3CCC(OCc4nc(C)c(-c5ccccc5)[nH]4)C(OC)C3)C(C)C(O[Si](C)(C)C(C)(C)C)CC1=O)C(C)CC2OC. The van der Waals surface area contributed by atoms with Gasteiger partial charge in [0.1, 0.15) is 36.5 Å². The molecule has 14 atom stereocenters. The van der Waals surface area contributed by atoms with Gasteiger partial charge in [0.2, 0.25) is 5.79 Å². The van der Waals surface area contributed by atoms with E-state index >= 15 is 4.79 Å². The number of nitrogens with one attached hydrogen (secondary N) is 1. The lowest BCUT2D eigenvalue weighted by molar-refractivity contribution is -0.302. The number of aliphatic hydroxyl groups is 1. The number of ether oxygens (including phenoxy) is 6. The molecule has 14 unspecified atom stereocenters. The second-order valence-corrected chi connectivity index (χ2v) is 29.1. The van der Waals surface area contributed by atoms with E-state index < -0.39 is 80.2 Å². The Bertz CT molecular complexity index is 2350. The number of aromatic amines is 1. The van der Waals surface area contributed by atoms with Crippen LogP contribution in [0, 0.1) is 36.5 Å². The highest BCUT2D eigenvalue weighted by molar-refractivity contribution is 6.74. The minimum atomic E-state index is -2.56. The van der Waals surface area contributed by atoms with Gasteiger partial charge in [0.25, 0.3) is 11.7 Å². The molecule has 2 N–H and O–H groups in total. The minimum absolute atomic E-state index is 0.0283. The Balaban J connectivity index is 1.36. The number of cyclic esters (lactones) is 1. The van der Waals surface area contributed by atoms with Crippen molar-refractivity contribution in [3.05, 3.63) is 65.1 Å². The minimum Gasteiger partial charge on any atom is -0.456 e. The summed E-state index contributed by atoms with van der Waals surface area (Å²) in [6.07, 6.45) is 5.92. The fourth-order valence-electron chi connectivity index (χ4n) is 11.9. The second kappa shape index (κ2) is 26.4. The molecule has 2 bridgehead atoms. The van der Waals surface area contributed by atoms with Gasteiger partial charge in [-0.3, -0.25) is 14.4 Å². The first-order chi connectivity index (χ1) is 35.9. The first kappa shape index (κ1) is 61.3. The number of nitrogens with zero attached hydrogens (tertiary/aromatic N) is 2. The summed E-state index contributed by atoms with van der Waals surface area (Å²) in [7, 11) is 2.26. The van der Waals surface area contributed by atoms with Gasteiger partial charge in [-0.15, -0.1) is 0 Å². The Morgan fingerprint density at radius 1 is 0.895 bits per heavy atom. The average Bonchev–Trinajstić information content (AvgIpc) is 3.77. The molecular formula is C60H93N3O12Si. The van der Waals surface area contributed by atoms with Crippen molar-refractivity contribution in [2.75, 3.05) is 27.9 Å². The topological polar surface area (TPSA) is 185 Å². The van der Waals surface area contributed by atoms with Crippen LogP contribution in [0.15, 0.2) is 53.6 Å². The monoisotopic (exact) mass is 1080 g/mol. The molecule has 3 aliphatic heterocycles. The number of rotatable bonds is 12. The van der Waals surface area contributed by atoms with E-state index in [1.165, 1.54) is 4.90 Å². The number of ketones is 2. The zero-order chi connectivity index (χ0) is 55.9. The number of piperidine rings is 1. The number of carbonyl (C=O) groups is 4. The van der Waals surface area contributed by atoms with Crippen LogP contribution in [0.5, 0.6) is 0 Å². The first-order valence-corrected chi connectivity index (χ1v) is 31.1. The molecule has 2 saturated heterocycles. The normalized spacial score (nSPS) is 34.2. The van der Waals surface area contributed by atoms with Crippen molar-refractivity contribution in [2.45, 2.75) is 219 Å². The maximum atomic E-state index is 15.1. The van der Waals surface area contributed by atoms with Gasteiger partial charge in [0.05, 0.1) is 41.9 Å². The van der Waals surface area contributed by atoms with Crippen molar-refractivity contribution in [3.63, 3.8) is 0 Å². The number of carbonyl (C=O) groups excluding carboxylic acids is 4. The summed E-state index contributed by atoms with van der Waals surface area (Å²) >= 11 is 0. The molecule has 16 heteroatoms. The Hall–Kier alpha value is -3.87. The number of amides is 1. The first-order valence-electron chi connectivity index (χ1n) is 28.2. The number of fused-ring (bicyclic) bond motifs is 3. The fraction of sp³-hybridized carbons (Fsp3) is 0.717. The Labute approximate surface area is 455 Å². The lowest BCUT2D eigenvalue weighted by Gasteiger charge is -2.47. The highest BCUT2D eigenvalue weighted by atomic mass is 28.4. The number of allylic oxidation sites excluding steroid dienone is 3. The molecule has 2 aromatic rings. The van der Waals surface area contributed by atoms with Crippen molar-refractivity contribution in [2.24, 2.45) is 29.6 Å². The van der Waals surface area contributed by atoms with Crippen LogP contribution >= 0.6 is 0 Å². The fourth-order valence-corrected chi connectivity index (χ4v) is 13.3. The molecule has 1 saturated carbocycles. The molecular weight excluding hydrogens is 983 g/mol. The number of Topliss-reactive ketones (excluding diaryl/α,β-unsaturated/α-hetero) is 2. The third-order valence-corrected chi connectivity index (χ3v) is 22.0. The van der Waals surface area contributed by atoms with Crippen LogP contribution in [0.4, 0.5) is 0 Å². The van der Waals surface area contributed by atoms with Gasteiger partial charge in [-0.05, 0) is 126 Å². The van der Waals surface area contributed by atoms with E-state index in [9.17, 15) is 19.5 Å². The molecule has 0 radical (unpaired) electrons. The molecule has 0 spiro atoms. The molecule has 76 heavy (non-hydrogen) atoms. The maximum absolute atomic E-state index is 15.1. The van der Waals surface area contributed by atoms with Crippen molar-refractivity contribution in [1.82, 2.24) is 14.9 Å². The van der Waals surface area contributed by atoms with Gasteiger partial charge < -0.3 is 47.8 Å². The van der Waals surface area contributed by atoms with E-state index in [-0.39, 0.29) is 66.6 Å².